The van der Waals surface area contributed by atoms with Crippen LogP contribution in [0.5, 0.6) is 0 Å². The fourth-order valence-electron chi connectivity index (χ4n) is 5.31. The van der Waals surface area contributed by atoms with Crippen LogP contribution in [0.2, 0.25) is 0 Å². The number of carbonyl (C=O) groups is 2. The summed E-state index contributed by atoms with van der Waals surface area (Å²) in [4.78, 5) is 35.4. The van der Waals surface area contributed by atoms with Gasteiger partial charge in [-0.2, -0.15) is 0 Å². The Kier molecular flexibility index (Phi) is 38.4. The molecule has 0 amide bonds. The number of phosphoric ester groups is 1. The maximum atomic E-state index is 12.7. The largest absolute Gasteiger partial charge is 0.472 e. The number of likely N-dealkylation sites (N-methyl/N-ethyl adjacent to an activating group) is 1. The molecule has 0 bridgehead atoms. The highest BCUT2D eigenvalue weighted by atomic mass is 31.2. The van der Waals surface area contributed by atoms with Gasteiger partial charge in [0.15, 0.2) is 6.10 Å². The van der Waals surface area contributed by atoms with Gasteiger partial charge in [0.2, 0.25) is 0 Å². The lowest BCUT2D eigenvalue weighted by atomic mass is 10.1. The number of aliphatic hydroxyl groups excluding tert-OH is 1. The molecular weight excluding hydrogens is 790 g/mol. The summed E-state index contributed by atoms with van der Waals surface area (Å²) in [6.45, 7) is 4.01. The molecule has 0 aromatic heterocycles. The number of aliphatic hydroxyl groups is 1. The van der Waals surface area contributed by atoms with Gasteiger partial charge in [0.05, 0.1) is 33.9 Å². The van der Waals surface area contributed by atoms with E-state index in [0.717, 1.165) is 44.9 Å². The minimum absolute atomic E-state index is 0.0145. The van der Waals surface area contributed by atoms with Gasteiger partial charge in [0, 0.05) is 12.8 Å². The van der Waals surface area contributed by atoms with Gasteiger partial charge in [-0.05, 0) is 77.0 Å². The SMILES string of the molecule is CC/C=C\C/C=C\C/C=C\C/C=C\C=C/C(O)C/C=C\CCC(=O)O[C@H](COC(=O)CCC/C=C\C/C=C\C/C=C\CCCCCCCC)COP(=O)(O)OCC[N+](C)(C)C. The van der Waals surface area contributed by atoms with Crippen LogP contribution in [0.1, 0.15) is 136 Å². The second-order valence-electron chi connectivity index (χ2n) is 15.9. The highest BCUT2D eigenvalue weighted by molar-refractivity contribution is 7.47. The molecular formula is C50H83NO9P+. The summed E-state index contributed by atoms with van der Waals surface area (Å²) in [7, 11) is 1.32. The van der Waals surface area contributed by atoms with Gasteiger partial charge < -0.3 is 24.0 Å². The van der Waals surface area contributed by atoms with Crippen molar-refractivity contribution in [1.29, 1.82) is 0 Å². The monoisotopic (exact) mass is 873 g/mol. The minimum atomic E-state index is -4.44. The van der Waals surface area contributed by atoms with Crippen molar-refractivity contribution in [3.8, 4) is 0 Å². The number of quaternary nitrogens is 1. The van der Waals surface area contributed by atoms with E-state index in [1.54, 1.807) is 18.2 Å². The Morgan fingerprint density at radius 3 is 1.79 bits per heavy atom. The van der Waals surface area contributed by atoms with E-state index in [9.17, 15) is 24.2 Å². The van der Waals surface area contributed by atoms with Crippen molar-refractivity contribution in [2.24, 2.45) is 0 Å². The predicted octanol–water partition coefficient (Wildman–Crippen LogP) is 12.1. The molecule has 10 nitrogen and oxygen atoms in total. The maximum absolute atomic E-state index is 12.7. The van der Waals surface area contributed by atoms with Crippen molar-refractivity contribution >= 4 is 19.8 Å². The van der Waals surface area contributed by atoms with Gasteiger partial charge in [-0.15, -0.1) is 0 Å². The number of phosphoric acid groups is 1. The zero-order valence-corrected chi connectivity index (χ0v) is 39.4. The molecule has 0 aromatic carbocycles. The molecule has 0 fully saturated rings. The van der Waals surface area contributed by atoms with Crippen LogP contribution in [0.3, 0.4) is 0 Å². The second kappa shape index (κ2) is 40.7. The number of unbranched alkanes of at least 4 members (excludes halogenated alkanes) is 7. The van der Waals surface area contributed by atoms with Crippen molar-refractivity contribution in [3.63, 3.8) is 0 Å². The second-order valence-corrected chi connectivity index (χ2v) is 17.3. The van der Waals surface area contributed by atoms with Crippen LogP contribution in [-0.2, 0) is 32.7 Å². The Morgan fingerprint density at radius 2 is 1.16 bits per heavy atom. The summed E-state index contributed by atoms with van der Waals surface area (Å²) in [5, 5.41) is 10.2. The van der Waals surface area contributed by atoms with Crippen molar-refractivity contribution in [2.75, 3.05) is 47.5 Å². The number of allylic oxidation sites excluding steroid dienone is 16. The van der Waals surface area contributed by atoms with Crippen LogP contribution in [0.4, 0.5) is 0 Å². The van der Waals surface area contributed by atoms with E-state index in [1.165, 1.54) is 38.5 Å². The van der Waals surface area contributed by atoms with E-state index in [4.69, 9.17) is 18.5 Å². The van der Waals surface area contributed by atoms with Crippen LogP contribution in [0, 0.1) is 0 Å². The van der Waals surface area contributed by atoms with Gasteiger partial charge in [0.25, 0.3) is 0 Å². The zero-order valence-electron chi connectivity index (χ0n) is 38.5. The maximum Gasteiger partial charge on any atom is 0.472 e. The molecule has 0 spiro atoms. The number of hydrogen-bond donors (Lipinski definition) is 2. The molecule has 0 aliphatic carbocycles. The van der Waals surface area contributed by atoms with Crippen molar-refractivity contribution in [2.45, 2.75) is 148 Å². The summed E-state index contributed by atoms with van der Waals surface area (Å²) >= 11 is 0. The summed E-state index contributed by atoms with van der Waals surface area (Å²) in [5.74, 6) is -1.05. The highest BCUT2D eigenvalue weighted by Crippen LogP contribution is 2.43. The summed E-state index contributed by atoms with van der Waals surface area (Å²) in [6.07, 6.45) is 51.8. The van der Waals surface area contributed by atoms with Gasteiger partial charge in [-0.25, -0.2) is 4.57 Å². The van der Waals surface area contributed by atoms with Crippen LogP contribution in [-0.4, -0.2) is 86.1 Å². The Labute approximate surface area is 370 Å². The van der Waals surface area contributed by atoms with Crippen LogP contribution < -0.4 is 0 Å². The standard InChI is InChI=1S/C50H82NO9P/c1-6-8-10-12-14-16-18-20-21-22-23-25-27-29-31-33-37-41-49(53)57-45-48(46-59-61(55,56)58-44-43-51(3,4)5)60-50(54)42-38-34-36-40-47(52)39-35-32-30-28-26-24-19-17-15-13-11-9-7-2/h9,11,15,17,20-21,23-26,29-32,34-36,39,47-48,52H,6-8,10,12-14,16,18-19,22,27-28,33,37-38,40-46H2,1-5H3/p+1/b11-9-,17-15-,21-20-,25-23-,26-24-,31-29-,32-30-,36-34-,39-35-/t47?,48-/m1/s1. The van der Waals surface area contributed by atoms with Crippen LogP contribution in [0.15, 0.2) is 109 Å². The highest BCUT2D eigenvalue weighted by Gasteiger charge is 2.27. The molecule has 2 unspecified atom stereocenters. The van der Waals surface area contributed by atoms with Crippen molar-refractivity contribution in [1.82, 2.24) is 0 Å². The fraction of sp³-hybridized carbons (Fsp3) is 0.600. The number of hydrogen-bond acceptors (Lipinski definition) is 8. The topological polar surface area (TPSA) is 129 Å². The lowest BCUT2D eigenvalue weighted by Gasteiger charge is -2.24. The lowest BCUT2D eigenvalue weighted by Crippen LogP contribution is -2.37. The number of ether oxygens (including phenoxy) is 2. The first-order chi connectivity index (χ1) is 29.4. The quantitative estimate of drug-likeness (QED) is 0.0155. The van der Waals surface area contributed by atoms with Crippen molar-refractivity contribution in [3.05, 3.63) is 109 Å². The fourth-order valence-corrected chi connectivity index (χ4v) is 6.06. The first-order valence-corrected chi connectivity index (χ1v) is 24.2. The van der Waals surface area contributed by atoms with E-state index >= 15 is 0 Å². The Morgan fingerprint density at radius 1 is 0.607 bits per heavy atom. The molecule has 0 rings (SSSR count). The van der Waals surface area contributed by atoms with Crippen molar-refractivity contribution < 1.29 is 47.2 Å². The molecule has 0 saturated carbocycles. The third-order valence-corrected chi connectivity index (χ3v) is 9.87. The molecule has 0 saturated heterocycles. The first-order valence-electron chi connectivity index (χ1n) is 22.7. The number of nitrogens with zero attached hydrogens (tertiary/aromatic N) is 1. The Balaban J connectivity index is 4.67. The molecule has 3 atom stereocenters. The Bertz CT molecular complexity index is 1420. The van der Waals surface area contributed by atoms with Gasteiger partial charge in [-0.1, -0.05) is 155 Å². The third-order valence-electron chi connectivity index (χ3n) is 8.88. The summed E-state index contributed by atoms with van der Waals surface area (Å²) in [5.41, 5.74) is 0. The van der Waals surface area contributed by atoms with Gasteiger partial charge >= 0.3 is 19.8 Å². The molecule has 0 aliphatic rings. The van der Waals surface area contributed by atoms with Gasteiger partial charge in [-0.3, -0.25) is 18.6 Å². The molecule has 0 aliphatic heterocycles. The smallest absolute Gasteiger partial charge is 0.462 e. The van der Waals surface area contributed by atoms with Crippen LogP contribution in [0.25, 0.3) is 0 Å². The third kappa shape index (κ3) is 44.5. The summed E-state index contributed by atoms with van der Waals surface area (Å²) in [6, 6.07) is 0. The molecule has 11 heteroatoms. The zero-order chi connectivity index (χ0) is 45.1. The normalized spacial score (nSPS) is 15.1. The average Bonchev–Trinajstić information content (AvgIpc) is 3.21. The molecule has 0 aromatic rings. The van der Waals surface area contributed by atoms with E-state index < -0.39 is 38.6 Å². The first kappa shape index (κ1) is 57.6. The van der Waals surface area contributed by atoms with E-state index in [-0.39, 0.29) is 26.1 Å². The van der Waals surface area contributed by atoms with E-state index in [2.05, 4.69) is 80.7 Å². The molecule has 0 heterocycles. The van der Waals surface area contributed by atoms with E-state index in [1.807, 2.05) is 45.4 Å². The number of carbonyl (C=O) groups excluding carboxylic acids is 2. The lowest BCUT2D eigenvalue weighted by molar-refractivity contribution is -0.870. The average molecular weight is 873 g/mol. The number of rotatable bonds is 39. The minimum Gasteiger partial charge on any atom is -0.462 e. The molecule has 0 radical (unpaired) electrons. The molecule has 346 valence electrons. The Hall–Kier alpha value is -3.37. The van der Waals surface area contributed by atoms with Gasteiger partial charge in [0.1, 0.15) is 19.8 Å². The number of esters is 2. The van der Waals surface area contributed by atoms with E-state index in [0.29, 0.717) is 36.7 Å². The molecule has 2 N–H and O–H groups in total. The summed E-state index contributed by atoms with van der Waals surface area (Å²) < 4.78 is 34.1. The predicted molar refractivity (Wildman–Crippen MR) is 253 cm³/mol. The van der Waals surface area contributed by atoms with Crippen LogP contribution >= 0.6 is 7.82 Å². The molecule has 61 heavy (non-hydrogen) atoms.